The molecule has 0 bridgehead atoms. The number of benzene rings is 1. The molecule has 0 saturated heterocycles. The first-order valence-electron chi connectivity index (χ1n) is 5.36. The summed E-state index contributed by atoms with van der Waals surface area (Å²) in [6, 6.07) is 12.8. The molecule has 0 spiro atoms. The molecule has 2 rings (SSSR count). The van der Waals surface area contributed by atoms with Gasteiger partial charge in [0.05, 0.1) is 12.2 Å². The molecule has 1 aromatic carbocycles. The Hall–Kier alpha value is -2.16. The smallest absolute Gasteiger partial charge is 0.251 e. The Bertz CT molecular complexity index is 491. The van der Waals surface area contributed by atoms with Crippen LogP contribution < -0.4 is 5.32 Å². The molecule has 1 N–H and O–H groups in total. The summed E-state index contributed by atoms with van der Waals surface area (Å²) in [7, 11) is 0. The molecule has 1 heterocycles. The second kappa shape index (κ2) is 5.25. The first-order chi connectivity index (χ1) is 8.25. The quantitative estimate of drug-likeness (QED) is 0.870. The van der Waals surface area contributed by atoms with E-state index < -0.39 is 0 Å². The molecule has 17 heavy (non-hydrogen) atoms. The predicted octanol–water partition coefficient (Wildman–Crippen LogP) is 2.19. The van der Waals surface area contributed by atoms with Crippen molar-refractivity contribution in [2.45, 2.75) is 6.54 Å². The summed E-state index contributed by atoms with van der Waals surface area (Å²) in [6.07, 6.45) is 1.71. The zero-order valence-corrected chi connectivity index (χ0v) is 9.39. The average molecular weight is 225 g/mol. The summed E-state index contributed by atoms with van der Waals surface area (Å²) in [5.74, 6) is -0.101. The highest BCUT2D eigenvalue weighted by Crippen LogP contribution is 2.03. The molecular formula is C14H13N2O. The van der Waals surface area contributed by atoms with Gasteiger partial charge in [0.15, 0.2) is 0 Å². The number of hydrogen-bond donors (Lipinski definition) is 1. The summed E-state index contributed by atoms with van der Waals surface area (Å²) < 4.78 is 0. The molecule has 0 aliphatic heterocycles. The summed E-state index contributed by atoms with van der Waals surface area (Å²) in [4.78, 5) is 15.9. The van der Waals surface area contributed by atoms with Crippen LogP contribution in [0.5, 0.6) is 0 Å². The second-order valence-electron chi connectivity index (χ2n) is 3.70. The summed E-state index contributed by atoms with van der Waals surface area (Å²) in [6.45, 7) is 4.21. The van der Waals surface area contributed by atoms with Crippen molar-refractivity contribution in [2.24, 2.45) is 0 Å². The summed E-state index contributed by atoms with van der Waals surface area (Å²) in [5, 5.41) is 2.81. The van der Waals surface area contributed by atoms with E-state index in [4.69, 9.17) is 0 Å². The maximum Gasteiger partial charge on any atom is 0.251 e. The molecule has 3 nitrogen and oxygen atoms in total. The molecule has 1 radical (unpaired) electrons. The predicted molar refractivity (Wildman–Crippen MR) is 66.3 cm³/mol. The number of nitrogens with zero attached hydrogens (tertiary/aromatic N) is 1. The number of pyridine rings is 1. The van der Waals surface area contributed by atoms with Crippen LogP contribution in [0.1, 0.15) is 21.6 Å². The molecule has 0 atom stereocenters. The third-order valence-corrected chi connectivity index (χ3v) is 2.37. The van der Waals surface area contributed by atoms with Crippen molar-refractivity contribution in [1.29, 1.82) is 0 Å². The van der Waals surface area contributed by atoms with Crippen molar-refractivity contribution >= 4 is 5.91 Å². The van der Waals surface area contributed by atoms with Crippen LogP contribution in [-0.2, 0) is 6.54 Å². The van der Waals surface area contributed by atoms with Gasteiger partial charge in [0.1, 0.15) is 0 Å². The molecule has 85 valence electrons. The van der Waals surface area contributed by atoms with Gasteiger partial charge in [-0.2, -0.15) is 0 Å². The van der Waals surface area contributed by atoms with Gasteiger partial charge in [-0.15, -0.1) is 0 Å². The van der Waals surface area contributed by atoms with Crippen LogP contribution in [-0.4, -0.2) is 10.9 Å². The van der Waals surface area contributed by atoms with Gasteiger partial charge in [-0.25, -0.2) is 0 Å². The number of rotatable bonds is 3. The molecule has 2 aromatic rings. The highest BCUT2D eigenvalue weighted by Gasteiger charge is 2.04. The fraction of sp³-hybridized carbons (Fsp3) is 0.0714. The SMILES string of the molecule is [CH2]c1ccc(C(=O)NCc2ccccn2)cc1. The van der Waals surface area contributed by atoms with Crippen molar-refractivity contribution in [3.05, 3.63) is 72.4 Å². The molecular weight excluding hydrogens is 212 g/mol. The minimum absolute atomic E-state index is 0.101. The standard InChI is InChI=1S/C14H13N2O/c1-11-5-7-12(8-6-11)14(17)16-10-13-4-2-3-9-15-13/h2-9H,1,10H2,(H,16,17). The van der Waals surface area contributed by atoms with Crippen LogP contribution in [0.4, 0.5) is 0 Å². The normalized spacial score (nSPS) is 9.94. The highest BCUT2D eigenvalue weighted by molar-refractivity contribution is 5.94. The monoisotopic (exact) mass is 225 g/mol. The molecule has 0 aliphatic carbocycles. The fourth-order valence-corrected chi connectivity index (χ4v) is 1.43. The lowest BCUT2D eigenvalue weighted by molar-refractivity contribution is 0.0950. The Kier molecular flexibility index (Phi) is 3.50. The summed E-state index contributed by atoms with van der Waals surface area (Å²) >= 11 is 0. The van der Waals surface area contributed by atoms with Gasteiger partial charge in [0, 0.05) is 11.8 Å². The van der Waals surface area contributed by atoms with Crippen molar-refractivity contribution in [1.82, 2.24) is 10.3 Å². The number of amides is 1. The van der Waals surface area contributed by atoms with Crippen LogP contribution in [0.15, 0.2) is 48.7 Å². The van der Waals surface area contributed by atoms with E-state index in [1.54, 1.807) is 18.3 Å². The van der Waals surface area contributed by atoms with E-state index in [2.05, 4.69) is 17.2 Å². The zero-order chi connectivity index (χ0) is 12.1. The first kappa shape index (κ1) is 11.3. The number of hydrogen-bond acceptors (Lipinski definition) is 2. The molecule has 0 aliphatic rings. The Labute approximate surface area is 101 Å². The third kappa shape index (κ3) is 3.14. The van der Waals surface area contributed by atoms with E-state index in [0.29, 0.717) is 12.1 Å². The van der Waals surface area contributed by atoms with Gasteiger partial charge >= 0.3 is 0 Å². The van der Waals surface area contributed by atoms with E-state index in [9.17, 15) is 4.79 Å². The number of nitrogens with one attached hydrogen (secondary N) is 1. The lowest BCUT2D eigenvalue weighted by atomic mass is 10.1. The topological polar surface area (TPSA) is 42.0 Å². The van der Waals surface area contributed by atoms with Crippen LogP contribution in [0.2, 0.25) is 0 Å². The lowest BCUT2D eigenvalue weighted by Gasteiger charge is -2.04. The highest BCUT2D eigenvalue weighted by atomic mass is 16.1. The second-order valence-corrected chi connectivity index (χ2v) is 3.70. The molecule has 0 unspecified atom stereocenters. The summed E-state index contributed by atoms with van der Waals surface area (Å²) in [5.41, 5.74) is 2.37. The Morgan fingerprint density at radius 1 is 1.18 bits per heavy atom. The molecule has 0 fully saturated rings. The van der Waals surface area contributed by atoms with E-state index in [1.165, 1.54) is 0 Å². The van der Waals surface area contributed by atoms with E-state index in [1.807, 2.05) is 30.3 Å². The minimum Gasteiger partial charge on any atom is -0.346 e. The average Bonchev–Trinajstić information content (AvgIpc) is 2.38. The molecule has 0 saturated carbocycles. The maximum atomic E-state index is 11.8. The van der Waals surface area contributed by atoms with Crippen LogP contribution in [0.25, 0.3) is 0 Å². The number of carbonyl (C=O) groups is 1. The Morgan fingerprint density at radius 2 is 1.94 bits per heavy atom. The molecule has 1 amide bonds. The third-order valence-electron chi connectivity index (χ3n) is 2.37. The maximum absolute atomic E-state index is 11.8. The van der Waals surface area contributed by atoms with Gasteiger partial charge < -0.3 is 5.32 Å². The Morgan fingerprint density at radius 3 is 2.59 bits per heavy atom. The van der Waals surface area contributed by atoms with Crippen LogP contribution in [0, 0.1) is 6.92 Å². The molecule has 1 aromatic heterocycles. The van der Waals surface area contributed by atoms with Gasteiger partial charge in [0.25, 0.3) is 5.91 Å². The van der Waals surface area contributed by atoms with Gasteiger partial charge in [-0.05, 0) is 36.8 Å². The van der Waals surface area contributed by atoms with Crippen molar-refractivity contribution in [3.8, 4) is 0 Å². The zero-order valence-electron chi connectivity index (χ0n) is 9.39. The van der Waals surface area contributed by atoms with E-state index in [-0.39, 0.29) is 5.91 Å². The minimum atomic E-state index is -0.101. The van der Waals surface area contributed by atoms with Crippen molar-refractivity contribution in [2.75, 3.05) is 0 Å². The van der Waals surface area contributed by atoms with Crippen molar-refractivity contribution < 1.29 is 4.79 Å². The largest absolute Gasteiger partial charge is 0.346 e. The Balaban J connectivity index is 1.96. The van der Waals surface area contributed by atoms with Gasteiger partial charge in [-0.1, -0.05) is 18.2 Å². The van der Waals surface area contributed by atoms with Crippen LogP contribution in [0.3, 0.4) is 0 Å². The molecule has 3 heteroatoms. The van der Waals surface area contributed by atoms with Crippen LogP contribution >= 0.6 is 0 Å². The fourth-order valence-electron chi connectivity index (χ4n) is 1.43. The van der Waals surface area contributed by atoms with Gasteiger partial charge in [0.2, 0.25) is 0 Å². The number of aromatic nitrogens is 1. The first-order valence-corrected chi connectivity index (χ1v) is 5.36. The van der Waals surface area contributed by atoms with E-state index >= 15 is 0 Å². The van der Waals surface area contributed by atoms with Gasteiger partial charge in [-0.3, -0.25) is 9.78 Å². The lowest BCUT2D eigenvalue weighted by Crippen LogP contribution is -2.23. The van der Waals surface area contributed by atoms with Crippen molar-refractivity contribution in [3.63, 3.8) is 0 Å². The number of carbonyl (C=O) groups excluding carboxylic acids is 1. The van der Waals surface area contributed by atoms with E-state index in [0.717, 1.165) is 11.3 Å².